The summed E-state index contributed by atoms with van der Waals surface area (Å²) in [7, 11) is 0. The lowest BCUT2D eigenvalue weighted by Gasteiger charge is -2.07. The van der Waals surface area contributed by atoms with E-state index in [1.165, 1.54) is 18.2 Å². The fourth-order valence-electron chi connectivity index (χ4n) is 1.42. The second kappa shape index (κ2) is 5.71. The molecule has 19 heavy (non-hydrogen) atoms. The number of carboxylic acids is 1. The smallest absolute Gasteiger partial charge is 0.339 e. The lowest BCUT2D eigenvalue weighted by Crippen LogP contribution is -2.03. The summed E-state index contributed by atoms with van der Waals surface area (Å²) in [4.78, 5) is 11.0. The fraction of sp³-hybridized carbons (Fsp3) is 0.250. The maximum absolute atomic E-state index is 11.0. The molecule has 1 N–H and O–H groups in total. The highest BCUT2D eigenvalue weighted by molar-refractivity contribution is 6.30. The molecule has 0 bridgehead atoms. The summed E-state index contributed by atoms with van der Waals surface area (Å²) in [5.74, 6) is -0.140. The molecule has 2 aromatic rings. The molecule has 100 valence electrons. The molecule has 0 unspecified atom stereocenters. The summed E-state index contributed by atoms with van der Waals surface area (Å²) < 4.78 is 10.6. The number of hydrogen-bond acceptors (Lipinski definition) is 5. The van der Waals surface area contributed by atoms with Gasteiger partial charge in [0.05, 0.1) is 0 Å². The molecule has 0 saturated heterocycles. The molecule has 0 aliphatic heterocycles. The Kier molecular flexibility index (Phi) is 4.01. The number of rotatable bonds is 5. The molecule has 1 aromatic carbocycles. The summed E-state index contributed by atoms with van der Waals surface area (Å²) in [6.45, 7) is 1.88. The Balaban J connectivity index is 2.14. The van der Waals surface area contributed by atoms with Crippen LogP contribution in [0.25, 0.3) is 0 Å². The number of aryl methyl sites for hydroxylation is 1. The van der Waals surface area contributed by atoms with Crippen molar-refractivity contribution in [3.63, 3.8) is 0 Å². The Bertz CT molecular complexity index is 597. The largest absolute Gasteiger partial charge is 0.483 e. The van der Waals surface area contributed by atoms with Gasteiger partial charge in [-0.15, -0.1) is 10.2 Å². The van der Waals surface area contributed by atoms with E-state index in [4.69, 9.17) is 25.9 Å². The molecular weight excluding hydrogens is 272 g/mol. The van der Waals surface area contributed by atoms with Gasteiger partial charge in [0.2, 0.25) is 5.89 Å². The molecule has 6 nitrogen and oxygen atoms in total. The predicted molar refractivity (Wildman–Crippen MR) is 66.4 cm³/mol. The minimum atomic E-state index is -1.09. The van der Waals surface area contributed by atoms with Gasteiger partial charge in [-0.25, -0.2) is 4.79 Å². The van der Waals surface area contributed by atoms with Gasteiger partial charge in [-0.2, -0.15) is 0 Å². The zero-order valence-corrected chi connectivity index (χ0v) is 10.8. The van der Waals surface area contributed by atoms with Gasteiger partial charge in [0.15, 0.2) is 6.61 Å². The highest BCUT2D eigenvalue weighted by atomic mass is 35.5. The van der Waals surface area contributed by atoms with Crippen LogP contribution in [0, 0.1) is 0 Å². The van der Waals surface area contributed by atoms with Gasteiger partial charge in [-0.3, -0.25) is 0 Å². The van der Waals surface area contributed by atoms with Crippen LogP contribution in [0.2, 0.25) is 5.02 Å². The number of carboxylic acid groups (broad SMARTS) is 1. The van der Waals surface area contributed by atoms with Crippen LogP contribution >= 0.6 is 11.6 Å². The van der Waals surface area contributed by atoms with E-state index in [1.54, 1.807) is 0 Å². The van der Waals surface area contributed by atoms with Gasteiger partial charge in [0.1, 0.15) is 11.3 Å². The number of halogens is 1. The average molecular weight is 283 g/mol. The Hall–Kier alpha value is -2.08. The van der Waals surface area contributed by atoms with Gasteiger partial charge in [-0.1, -0.05) is 18.5 Å². The quantitative estimate of drug-likeness (QED) is 0.907. The number of benzene rings is 1. The molecule has 0 aliphatic rings. The molecule has 0 amide bonds. The summed E-state index contributed by atoms with van der Waals surface area (Å²) >= 11 is 5.81. The van der Waals surface area contributed by atoms with E-state index >= 15 is 0 Å². The molecule has 0 fully saturated rings. The second-order valence-corrected chi connectivity index (χ2v) is 4.11. The van der Waals surface area contributed by atoms with Crippen LogP contribution in [-0.4, -0.2) is 21.3 Å². The van der Waals surface area contributed by atoms with Crippen molar-refractivity contribution in [3.8, 4) is 5.75 Å². The van der Waals surface area contributed by atoms with Gasteiger partial charge in [0, 0.05) is 11.4 Å². The minimum Gasteiger partial charge on any atom is -0.483 e. The van der Waals surface area contributed by atoms with E-state index < -0.39 is 5.97 Å². The number of ether oxygens (including phenoxy) is 1. The minimum absolute atomic E-state index is 0.00633. The first-order chi connectivity index (χ1) is 9.10. The standard InChI is InChI=1S/C12H11ClN2O4/c1-2-10-14-15-11(19-10)6-18-9-5-7(13)3-4-8(9)12(16)17/h3-5H,2,6H2,1H3,(H,16,17). The van der Waals surface area contributed by atoms with Crippen molar-refractivity contribution in [2.24, 2.45) is 0 Å². The van der Waals surface area contributed by atoms with E-state index in [0.29, 0.717) is 17.3 Å². The summed E-state index contributed by atoms with van der Waals surface area (Å²) in [5, 5.41) is 17.0. The highest BCUT2D eigenvalue weighted by Gasteiger charge is 2.13. The third kappa shape index (κ3) is 3.23. The van der Waals surface area contributed by atoms with Crippen LogP contribution in [0.4, 0.5) is 0 Å². The molecule has 7 heteroatoms. The van der Waals surface area contributed by atoms with Crippen molar-refractivity contribution in [1.29, 1.82) is 0 Å². The molecule has 2 rings (SSSR count). The first-order valence-electron chi connectivity index (χ1n) is 5.57. The van der Waals surface area contributed by atoms with E-state index in [-0.39, 0.29) is 23.8 Å². The Labute approximate surface area is 114 Å². The van der Waals surface area contributed by atoms with Crippen molar-refractivity contribution in [2.75, 3.05) is 0 Å². The molecule has 0 spiro atoms. The van der Waals surface area contributed by atoms with Crippen LogP contribution in [0.3, 0.4) is 0 Å². The number of aromatic nitrogens is 2. The van der Waals surface area contributed by atoms with Crippen LogP contribution in [-0.2, 0) is 13.0 Å². The first kappa shape index (κ1) is 13.4. The van der Waals surface area contributed by atoms with Crippen LogP contribution < -0.4 is 4.74 Å². The molecule has 1 aromatic heterocycles. The Morgan fingerprint density at radius 1 is 1.42 bits per heavy atom. The van der Waals surface area contributed by atoms with Crippen molar-refractivity contribution in [1.82, 2.24) is 10.2 Å². The molecule has 0 radical (unpaired) electrons. The molecule has 0 aliphatic carbocycles. The summed E-state index contributed by atoms with van der Waals surface area (Å²) in [6, 6.07) is 4.30. The topological polar surface area (TPSA) is 85.5 Å². The van der Waals surface area contributed by atoms with Crippen molar-refractivity contribution < 1.29 is 19.1 Å². The van der Waals surface area contributed by atoms with Crippen LogP contribution in [0.15, 0.2) is 22.6 Å². The lowest BCUT2D eigenvalue weighted by atomic mass is 10.2. The van der Waals surface area contributed by atoms with E-state index in [1.807, 2.05) is 6.92 Å². The van der Waals surface area contributed by atoms with Crippen LogP contribution in [0.5, 0.6) is 5.75 Å². The normalized spacial score (nSPS) is 10.4. The summed E-state index contributed by atoms with van der Waals surface area (Å²) in [5.41, 5.74) is 0.0274. The number of carbonyl (C=O) groups is 1. The lowest BCUT2D eigenvalue weighted by molar-refractivity contribution is 0.0691. The highest BCUT2D eigenvalue weighted by Crippen LogP contribution is 2.24. The Morgan fingerprint density at radius 3 is 2.79 bits per heavy atom. The van der Waals surface area contributed by atoms with E-state index in [2.05, 4.69) is 10.2 Å². The van der Waals surface area contributed by atoms with Gasteiger partial charge >= 0.3 is 5.97 Å². The van der Waals surface area contributed by atoms with Gasteiger partial charge in [-0.05, 0) is 18.2 Å². The second-order valence-electron chi connectivity index (χ2n) is 3.68. The number of hydrogen-bond donors (Lipinski definition) is 1. The molecule has 1 heterocycles. The average Bonchev–Trinajstić information content (AvgIpc) is 2.84. The van der Waals surface area contributed by atoms with Gasteiger partial charge in [0.25, 0.3) is 5.89 Å². The predicted octanol–water partition coefficient (Wildman–Crippen LogP) is 2.56. The number of aromatic carboxylic acids is 1. The third-order valence-electron chi connectivity index (χ3n) is 2.34. The zero-order valence-electron chi connectivity index (χ0n) is 10.1. The number of nitrogens with zero attached hydrogens (tertiary/aromatic N) is 2. The Morgan fingerprint density at radius 2 is 2.16 bits per heavy atom. The summed E-state index contributed by atoms with van der Waals surface area (Å²) in [6.07, 6.45) is 0.630. The van der Waals surface area contributed by atoms with Crippen molar-refractivity contribution >= 4 is 17.6 Å². The van der Waals surface area contributed by atoms with Crippen molar-refractivity contribution in [3.05, 3.63) is 40.6 Å². The fourth-order valence-corrected chi connectivity index (χ4v) is 1.58. The van der Waals surface area contributed by atoms with Gasteiger partial charge < -0.3 is 14.3 Å². The third-order valence-corrected chi connectivity index (χ3v) is 2.57. The first-order valence-corrected chi connectivity index (χ1v) is 5.95. The van der Waals surface area contributed by atoms with Crippen molar-refractivity contribution in [2.45, 2.75) is 20.0 Å². The monoisotopic (exact) mass is 282 g/mol. The zero-order chi connectivity index (χ0) is 13.8. The molecule has 0 atom stereocenters. The SMILES string of the molecule is CCc1nnc(COc2cc(Cl)ccc2C(=O)O)o1. The van der Waals surface area contributed by atoms with E-state index in [0.717, 1.165) is 0 Å². The maximum atomic E-state index is 11.0. The van der Waals surface area contributed by atoms with Crippen LogP contribution in [0.1, 0.15) is 29.1 Å². The molecular formula is C12H11ClN2O4. The maximum Gasteiger partial charge on any atom is 0.339 e. The van der Waals surface area contributed by atoms with E-state index in [9.17, 15) is 4.79 Å². The molecule has 0 saturated carbocycles.